The van der Waals surface area contributed by atoms with Crippen molar-refractivity contribution in [2.45, 2.75) is 30.1 Å². The predicted octanol–water partition coefficient (Wildman–Crippen LogP) is 2.32. The lowest BCUT2D eigenvalue weighted by Crippen LogP contribution is -2.58. The van der Waals surface area contributed by atoms with E-state index in [1.807, 2.05) is 12.1 Å². The fourth-order valence-electron chi connectivity index (χ4n) is 1.95. The van der Waals surface area contributed by atoms with Crippen LogP contribution in [-0.2, 0) is 16.0 Å². The number of halogens is 2. The van der Waals surface area contributed by atoms with Gasteiger partial charge in [-0.1, -0.05) is 18.2 Å². The fraction of sp³-hybridized carbons (Fsp3) is 0.462. The standard InChI is InChI=1S/C13H14BrFO4/c1-2-18-11(16)13(14,15)12(17)8-7-9-5-3-4-6-10(9)19-12/h3-6,17H,2,7-8H2,1H3/t12-,13+/m0/s1. The quantitative estimate of drug-likeness (QED) is 0.681. The predicted molar refractivity (Wildman–Crippen MR) is 69.7 cm³/mol. The zero-order valence-corrected chi connectivity index (χ0v) is 11.9. The smallest absolute Gasteiger partial charge is 0.362 e. The molecule has 2 rings (SSSR count). The molecule has 0 spiro atoms. The minimum Gasteiger partial charge on any atom is -0.463 e. The Morgan fingerprint density at radius 2 is 2.32 bits per heavy atom. The molecule has 0 fully saturated rings. The normalized spacial score (nSPS) is 24.8. The van der Waals surface area contributed by atoms with Crippen molar-refractivity contribution in [3.8, 4) is 5.75 Å². The number of alkyl halides is 2. The van der Waals surface area contributed by atoms with Gasteiger partial charge in [-0.25, -0.2) is 9.18 Å². The van der Waals surface area contributed by atoms with Gasteiger partial charge >= 0.3 is 10.5 Å². The third kappa shape index (κ3) is 2.47. The highest BCUT2D eigenvalue weighted by Crippen LogP contribution is 2.43. The van der Waals surface area contributed by atoms with Crippen LogP contribution >= 0.6 is 15.9 Å². The van der Waals surface area contributed by atoms with Crippen LogP contribution < -0.4 is 4.74 Å². The summed E-state index contributed by atoms with van der Waals surface area (Å²) in [6, 6.07) is 6.99. The Kier molecular flexibility index (Phi) is 3.82. The first-order chi connectivity index (χ1) is 8.90. The maximum absolute atomic E-state index is 14.5. The van der Waals surface area contributed by atoms with Gasteiger partial charge in [0.25, 0.3) is 5.79 Å². The Morgan fingerprint density at radius 1 is 1.63 bits per heavy atom. The molecule has 1 N–H and O–H groups in total. The van der Waals surface area contributed by atoms with E-state index in [0.717, 1.165) is 5.56 Å². The minimum atomic E-state index is -2.80. The van der Waals surface area contributed by atoms with Crippen LogP contribution in [0.1, 0.15) is 18.9 Å². The average molecular weight is 333 g/mol. The molecular formula is C13H14BrFO4. The van der Waals surface area contributed by atoms with E-state index in [2.05, 4.69) is 20.7 Å². The van der Waals surface area contributed by atoms with Crippen molar-refractivity contribution in [3.63, 3.8) is 0 Å². The third-order valence-corrected chi connectivity index (χ3v) is 3.95. The van der Waals surface area contributed by atoms with Crippen LogP contribution in [0.4, 0.5) is 4.39 Å². The van der Waals surface area contributed by atoms with Crippen molar-refractivity contribution in [1.29, 1.82) is 0 Å². The van der Waals surface area contributed by atoms with E-state index in [0.29, 0.717) is 12.2 Å². The first-order valence-electron chi connectivity index (χ1n) is 5.95. The Bertz CT molecular complexity index is 491. The second kappa shape index (κ2) is 5.09. The Balaban J connectivity index is 2.28. The maximum Gasteiger partial charge on any atom is 0.362 e. The molecule has 0 saturated heterocycles. The number of aryl methyl sites for hydroxylation is 1. The van der Waals surface area contributed by atoms with Crippen molar-refractivity contribution in [2.24, 2.45) is 0 Å². The van der Waals surface area contributed by atoms with Gasteiger partial charge in [0, 0.05) is 6.42 Å². The number of hydrogen-bond donors (Lipinski definition) is 1. The molecule has 0 amide bonds. The molecule has 1 aromatic rings. The van der Waals surface area contributed by atoms with Gasteiger partial charge in [0.15, 0.2) is 0 Å². The van der Waals surface area contributed by atoms with Crippen molar-refractivity contribution in [3.05, 3.63) is 29.8 Å². The highest BCUT2D eigenvalue weighted by atomic mass is 79.9. The molecule has 0 saturated carbocycles. The zero-order chi connectivity index (χ0) is 14.1. The van der Waals surface area contributed by atoms with E-state index in [-0.39, 0.29) is 13.0 Å². The molecule has 1 aliphatic heterocycles. The van der Waals surface area contributed by atoms with E-state index in [1.165, 1.54) is 0 Å². The summed E-state index contributed by atoms with van der Waals surface area (Å²) >= 11 is 2.60. The summed E-state index contributed by atoms with van der Waals surface area (Å²) < 4.78 is 21.6. The summed E-state index contributed by atoms with van der Waals surface area (Å²) in [4.78, 5) is 11.6. The first kappa shape index (κ1) is 14.3. The lowest BCUT2D eigenvalue weighted by atomic mass is 9.96. The topological polar surface area (TPSA) is 55.8 Å². The summed E-state index contributed by atoms with van der Waals surface area (Å²) in [5.41, 5.74) is 0.860. The number of rotatable bonds is 3. The number of aliphatic hydroxyl groups is 1. The van der Waals surface area contributed by atoms with Crippen molar-refractivity contribution < 1.29 is 23.8 Å². The Labute approximate surface area is 118 Å². The lowest BCUT2D eigenvalue weighted by Gasteiger charge is -2.39. The molecule has 104 valence electrons. The van der Waals surface area contributed by atoms with Gasteiger partial charge < -0.3 is 14.6 Å². The largest absolute Gasteiger partial charge is 0.463 e. The molecule has 0 bridgehead atoms. The van der Waals surface area contributed by atoms with Crippen LogP contribution in [0.25, 0.3) is 0 Å². The van der Waals surface area contributed by atoms with Gasteiger partial charge in [0.1, 0.15) is 5.75 Å². The number of carbonyl (C=O) groups excluding carboxylic acids is 1. The molecule has 1 aliphatic rings. The van der Waals surface area contributed by atoms with Gasteiger partial charge in [0.05, 0.1) is 6.61 Å². The first-order valence-corrected chi connectivity index (χ1v) is 6.74. The number of fused-ring (bicyclic) bond motifs is 1. The Morgan fingerprint density at radius 3 is 3.00 bits per heavy atom. The second-order valence-corrected chi connectivity index (χ2v) is 5.38. The number of hydrogen-bond acceptors (Lipinski definition) is 4. The van der Waals surface area contributed by atoms with Gasteiger partial charge in [-0.05, 0) is 40.9 Å². The molecular weight excluding hydrogens is 319 g/mol. The molecule has 2 atom stereocenters. The molecule has 1 aromatic carbocycles. The molecule has 4 nitrogen and oxygen atoms in total. The van der Waals surface area contributed by atoms with Crippen LogP contribution in [0.2, 0.25) is 0 Å². The summed E-state index contributed by atoms with van der Waals surface area (Å²) in [6.45, 7) is 1.57. The van der Waals surface area contributed by atoms with Crippen molar-refractivity contribution >= 4 is 21.9 Å². The van der Waals surface area contributed by atoms with Gasteiger partial charge in [-0.3, -0.25) is 0 Å². The molecule has 0 unspecified atom stereocenters. The van der Waals surface area contributed by atoms with Crippen molar-refractivity contribution in [1.82, 2.24) is 0 Å². The number of carbonyl (C=O) groups is 1. The summed E-state index contributed by atoms with van der Waals surface area (Å²) in [5, 5.41) is 10.3. The van der Waals surface area contributed by atoms with Crippen LogP contribution in [0.5, 0.6) is 5.75 Å². The van der Waals surface area contributed by atoms with Crippen LogP contribution in [0.3, 0.4) is 0 Å². The zero-order valence-electron chi connectivity index (χ0n) is 10.4. The monoisotopic (exact) mass is 332 g/mol. The summed E-state index contributed by atoms with van der Waals surface area (Å²) in [7, 11) is 0. The molecule has 0 aliphatic carbocycles. The average Bonchev–Trinajstić information content (AvgIpc) is 2.38. The third-order valence-electron chi connectivity index (χ3n) is 3.01. The molecule has 0 radical (unpaired) electrons. The van der Waals surface area contributed by atoms with E-state index in [1.54, 1.807) is 19.1 Å². The molecule has 19 heavy (non-hydrogen) atoms. The highest BCUT2D eigenvalue weighted by molar-refractivity contribution is 9.10. The number of benzene rings is 1. The van der Waals surface area contributed by atoms with E-state index >= 15 is 0 Å². The second-order valence-electron chi connectivity index (χ2n) is 4.29. The number of ether oxygens (including phenoxy) is 2. The fourth-order valence-corrected chi connectivity index (χ4v) is 2.34. The molecule has 0 aromatic heterocycles. The number of para-hydroxylation sites is 1. The molecule has 1 heterocycles. The molecule has 6 heteroatoms. The number of esters is 1. The Hall–Kier alpha value is -1.14. The summed E-state index contributed by atoms with van der Waals surface area (Å²) in [6.07, 6.45) is 0.355. The summed E-state index contributed by atoms with van der Waals surface area (Å²) in [5.74, 6) is -3.12. The maximum atomic E-state index is 14.5. The SMILES string of the molecule is CCOC(=O)[C@](F)(Br)[C@]1(O)CCc2ccccc2O1. The van der Waals surface area contributed by atoms with Gasteiger partial charge in [0.2, 0.25) is 0 Å². The van der Waals surface area contributed by atoms with E-state index in [4.69, 9.17) is 4.74 Å². The lowest BCUT2D eigenvalue weighted by molar-refractivity contribution is -0.217. The van der Waals surface area contributed by atoms with Crippen LogP contribution in [0.15, 0.2) is 24.3 Å². The van der Waals surface area contributed by atoms with Gasteiger partial charge in [-0.15, -0.1) is 0 Å². The van der Waals surface area contributed by atoms with Crippen LogP contribution in [0, 0.1) is 0 Å². The van der Waals surface area contributed by atoms with Crippen molar-refractivity contribution in [2.75, 3.05) is 6.61 Å². The minimum absolute atomic E-state index is 0.0166. The van der Waals surface area contributed by atoms with E-state index < -0.39 is 16.3 Å². The van der Waals surface area contributed by atoms with Gasteiger partial charge in [-0.2, -0.15) is 0 Å². The van der Waals surface area contributed by atoms with E-state index in [9.17, 15) is 14.3 Å². The highest BCUT2D eigenvalue weighted by Gasteiger charge is 2.60. The van der Waals surface area contributed by atoms with Crippen LogP contribution in [-0.4, -0.2) is 28.0 Å².